The summed E-state index contributed by atoms with van der Waals surface area (Å²) in [6.07, 6.45) is 3.06. The largest absolute Gasteiger partial charge is 0.378 e. The summed E-state index contributed by atoms with van der Waals surface area (Å²) in [6.45, 7) is -0.583. The Hall–Kier alpha value is -3.72. The number of rotatable bonds is 10. The van der Waals surface area contributed by atoms with E-state index in [1.165, 1.54) is 12.4 Å². The molecule has 31 heavy (non-hydrogen) atoms. The molecule has 0 spiro atoms. The standard InChI is InChI=1S/C22H28N6O3/c1-27(2)19-9-5-17(6-10-19)13-23-25-21(29)15-31-16-22(30)26-24-14-18-7-11-20(12-8-18)28(3)4/h5-14H,15-16H2,1-4H3,(H,25,29)(H,26,30)/b23-13+,24-14+. The predicted molar refractivity (Wildman–Crippen MR) is 124 cm³/mol. The third-order valence-corrected chi connectivity index (χ3v) is 4.09. The lowest BCUT2D eigenvalue weighted by Crippen LogP contribution is -2.28. The van der Waals surface area contributed by atoms with Crippen LogP contribution in [0.4, 0.5) is 11.4 Å². The van der Waals surface area contributed by atoms with Gasteiger partial charge in [-0.3, -0.25) is 9.59 Å². The zero-order chi connectivity index (χ0) is 22.6. The Balaban J connectivity index is 1.64. The van der Waals surface area contributed by atoms with Crippen molar-refractivity contribution in [1.82, 2.24) is 10.9 Å². The molecule has 0 aliphatic rings. The summed E-state index contributed by atoms with van der Waals surface area (Å²) in [5, 5.41) is 7.74. The van der Waals surface area contributed by atoms with Gasteiger partial charge in [0.05, 0.1) is 12.4 Å². The van der Waals surface area contributed by atoms with Crippen LogP contribution in [-0.4, -0.2) is 65.6 Å². The molecule has 0 aromatic heterocycles. The molecule has 164 valence electrons. The molecule has 9 nitrogen and oxygen atoms in total. The lowest BCUT2D eigenvalue weighted by Gasteiger charge is -2.11. The van der Waals surface area contributed by atoms with Gasteiger partial charge in [-0.2, -0.15) is 10.2 Å². The topological polar surface area (TPSA) is 98.6 Å². The van der Waals surface area contributed by atoms with Crippen LogP contribution in [0.15, 0.2) is 58.7 Å². The lowest BCUT2D eigenvalue weighted by atomic mass is 10.2. The SMILES string of the molecule is CN(C)c1ccc(/C=N/NC(=O)COCC(=O)N/N=C/c2ccc(N(C)C)cc2)cc1. The highest BCUT2D eigenvalue weighted by Gasteiger charge is 2.04. The maximum Gasteiger partial charge on any atom is 0.266 e. The second-order valence-corrected chi connectivity index (χ2v) is 7.05. The summed E-state index contributed by atoms with van der Waals surface area (Å²) in [6, 6.07) is 15.4. The number of nitrogens with zero attached hydrogens (tertiary/aromatic N) is 4. The zero-order valence-corrected chi connectivity index (χ0v) is 18.2. The maximum atomic E-state index is 11.7. The van der Waals surface area contributed by atoms with Crippen molar-refractivity contribution in [2.45, 2.75) is 0 Å². The highest BCUT2D eigenvalue weighted by Crippen LogP contribution is 2.11. The van der Waals surface area contributed by atoms with Gasteiger partial charge in [-0.1, -0.05) is 24.3 Å². The first kappa shape index (κ1) is 23.6. The molecule has 0 atom stereocenters. The van der Waals surface area contributed by atoms with E-state index in [-0.39, 0.29) is 13.2 Å². The fraction of sp³-hybridized carbons (Fsp3) is 0.273. The smallest absolute Gasteiger partial charge is 0.266 e. The molecule has 0 saturated heterocycles. The Morgan fingerprint density at radius 1 is 0.742 bits per heavy atom. The van der Waals surface area contributed by atoms with E-state index < -0.39 is 11.8 Å². The number of hydrazone groups is 2. The monoisotopic (exact) mass is 424 g/mol. The summed E-state index contributed by atoms with van der Waals surface area (Å²) >= 11 is 0. The molecule has 2 aromatic carbocycles. The summed E-state index contributed by atoms with van der Waals surface area (Å²) in [4.78, 5) is 27.4. The van der Waals surface area contributed by atoms with Crippen LogP contribution in [0.25, 0.3) is 0 Å². The normalized spacial score (nSPS) is 11.0. The van der Waals surface area contributed by atoms with Crippen LogP contribution in [0.2, 0.25) is 0 Å². The molecule has 2 rings (SSSR count). The molecule has 0 aliphatic heterocycles. The van der Waals surface area contributed by atoms with E-state index in [0.717, 1.165) is 22.5 Å². The van der Waals surface area contributed by atoms with E-state index in [2.05, 4.69) is 21.1 Å². The van der Waals surface area contributed by atoms with E-state index >= 15 is 0 Å². The average molecular weight is 425 g/mol. The predicted octanol–water partition coefficient (Wildman–Crippen LogP) is 1.44. The average Bonchev–Trinajstić information content (AvgIpc) is 2.74. The number of carbonyl (C=O) groups excluding carboxylic acids is 2. The number of benzene rings is 2. The molecule has 9 heteroatoms. The summed E-state index contributed by atoms with van der Waals surface area (Å²) in [7, 11) is 7.83. The fourth-order valence-corrected chi connectivity index (χ4v) is 2.38. The van der Waals surface area contributed by atoms with Crippen LogP contribution in [0.1, 0.15) is 11.1 Å². The first-order chi connectivity index (χ1) is 14.8. The molecule has 2 N–H and O–H groups in total. The number of anilines is 2. The Morgan fingerprint density at radius 3 is 1.42 bits per heavy atom. The third-order valence-electron chi connectivity index (χ3n) is 4.09. The number of hydrogen-bond donors (Lipinski definition) is 2. The van der Waals surface area contributed by atoms with Crippen LogP contribution in [0.5, 0.6) is 0 Å². The van der Waals surface area contributed by atoms with Gasteiger partial charge in [0.1, 0.15) is 13.2 Å². The molecule has 2 amide bonds. The van der Waals surface area contributed by atoms with Crippen molar-refractivity contribution < 1.29 is 14.3 Å². The van der Waals surface area contributed by atoms with Crippen LogP contribution in [0.3, 0.4) is 0 Å². The van der Waals surface area contributed by atoms with Gasteiger partial charge in [0, 0.05) is 39.6 Å². The van der Waals surface area contributed by atoms with E-state index in [1.54, 1.807) is 0 Å². The van der Waals surface area contributed by atoms with Crippen molar-refractivity contribution in [3.8, 4) is 0 Å². The van der Waals surface area contributed by atoms with Gasteiger partial charge < -0.3 is 14.5 Å². The van der Waals surface area contributed by atoms with Crippen molar-refractivity contribution in [3.05, 3.63) is 59.7 Å². The minimum absolute atomic E-state index is 0.292. The van der Waals surface area contributed by atoms with Gasteiger partial charge >= 0.3 is 0 Å². The van der Waals surface area contributed by atoms with E-state index in [9.17, 15) is 9.59 Å². The summed E-state index contributed by atoms with van der Waals surface area (Å²) < 4.78 is 5.06. The van der Waals surface area contributed by atoms with Crippen LogP contribution in [0, 0.1) is 0 Å². The fourth-order valence-electron chi connectivity index (χ4n) is 2.38. The van der Waals surface area contributed by atoms with Crippen molar-refractivity contribution in [2.75, 3.05) is 51.2 Å². The molecule has 0 heterocycles. The summed E-state index contributed by atoms with van der Waals surface area (Å²) in [5.74, 6) is -0.920. The summed E-state index contributed by atoms with van der Waals surface area (Å²) in [5.41, 5.74) is 8.53. The van der Waals surface area contributed by atoms with Gasteiger partial charge in [0.15, 0.2) is 0 Å². The molecule has 0 saturated carbocycles. The Morgan fingerprint density at radius 2 is 1.10 bits per heavy atom. The number of hydrogen-bond acceptors (Lipinski definition) is 7. The first-order valence-corrected chi connectivity index (χ1v) is 9.61. The van der Waals surface area contributed by atoms with Gasteiger partial charge in [0.25, 0.3) is 11.8 Å². The number of nitrogens with one attached hydrogen (secondary N) is 2. The van der Waals surface area contributed by atoms with Crippen molar-refractivity contribution >= 4 is 35.6 Å². The molecular weight excluding hydrogens is 396 g/mol. The minimum Gasteiger partial charge on any atom is -0.378 e. The number of amides is 2. The highest BCUT2D eigenvalue weighted by molar-refractivity contribution is 5.84. The zero-order valence-electron chi connectivity index (χ0n) is 18.2. The van der Waals surface area contributed by atoms with Gasteiger partial charge in [-0.15, -0.1) is 0 Å². The van der Waals surface area contributed by atoms with Gasteiger partial charge in [-0.25, -0.2) is 10.9 Å². The third kappa shape index (κ3) is 8.67. The molecule has 0 radical (unpaired) electrons. The quantitative estimate of drug-likeness (QED) is 0.444. The van der Waals surface area contributed by atoms with Crippen LogP contribution in [-0.2, 0) is 14.3 Å². The minimum atomic E-state index is -0.460. The molecule has 0 aliphatic carbocycles. The Kier molecular flexibility index (Phi) is 9.18. The Bertz CT molecular complexity index is 830. The lowest BCUT2D eigenvalue weighted by molar-refractivity contribution is -0.130. The molecular formula is C22H28N6O3. The highest BCUT2D eigenvalue weighted by atomic mass is 16.5. The number of ether oxygens (including phenoxy) is 1. The Labute approximate surface area is 182 Å². The molecule has 0 bridgehead atoms. The molecule has 0 fully saturated rings. The van der Waals surface area contributed by atoms with Crippen LogP contribution < -0.4 is 20.7 Å². The van der Waals surface area contributed by atoms with Gasteiger partial charge in [0.2, 0.25) is 0 Å². The van der Waals surface area contributed by atoms with E-state index in [4.69, 9.17) is 4.74 Å². The van der Waals surface area contributed by atoms with Gasteiger partial charge in [-0.05, 0) is 35.4 Å². The number of carbonyl (C=O) groups is 2. The molecule has 2 aromatic rings. The van der Waals surface area contributed by atoms with Crippen molar-refractivity contribution in [3.63, 3.8) is 0 Å². The van der Waals surface area contributed by atoms with Crippen molar-refractivity contribution in [1.29, 1.82) is 0 Å². The van der Waals surface area contributed by atoms with E-state index in [0.29, 0.717) is 0 Å². The second-order valence-electron chi connectivity index (χ2n) is 7.05. The first-order valence-electron chi connectivity index (χ1n) is 9.61. The van der Waals surface area contributed by atoms with Crippen LogP contribution >= 0.6 is 0 Å². The van der Waals surface area contributed by atoms with E-state index in [1.807, 2.05) is 86.5 Å². The second kappa shape index (κ2) is 12.1. The van der Waals surface area contributed by atoms with Crippen molar-refractivity contribution in [2.24, 2.45) is 10.2 Å². The molecule has 0 unspecified atom stereocenters. The maximum absolute atomic E-state index is 11.7.